The molecule has 0 unspecified atom stereocenters. The highest BCUT2D eigenvalue weighted by atomic mass is 32.1. The van der Waals surface area contributed by atoms with Gasteiger partial charge in [0.2, 0.25) is 11.0 Å². The first-order valence-corrected chi connectivity index (χ1v) is 8.18. The zero-order chi connectivity index (χ0) is 18.2. The van der Waals surface area contributed by atoms with E-state index in [-0.39, 0.29) is 16.4 Å². The van der Waals surface area contributed by atoms with Crippen LogP contribution in [0.5, 0.6) is 0 Å². The van der Waals surface area contributed by atoms with Gasteiger partial charge in [-0.2, -0.15) is 13.2 Å². The second-order valence-corrected chi connectivity index (χ2v) is 6.66. The predicted molar refractivity (Wildman–Crippen MR) is 85.6 cm³/mol. The summed E-state index contributed by atoms with van der Waals surface area (Å²) in [7, 11) is 0. The number of nitrogens with one attached hydrogen (secondary N) is 2. The Morgan fingerprint density at radius 3 is 2.48 bits per heavy atom. The maximum atomic E-state index is 13.0. The van der Waals surface area contributed by atoms with Crippen LogP contribution < -0.4 is 10.6 Å². The van der Waals surface area contributed by atoms with E-state index in [0.29, 0.717) is 5.92 Å². The second kappa shape index (κ2) is 6.43. The van der Waals surface area contributed by atoms with Crippen LogP contribution in [-0.2, 0) is 11.0 Å². The molecule has 0 radical (unpaired) electrons. The van der Waals surface area contributed by atoms with Gasteiger partial charge in [0.05, 0.1) is 5.56 Å². The van der Waals surface area contributed by atoms with Gasteiger partial charge in [-0.1, -0.05) is 11.3 Å². The fourth-order valence-corrected chi connectivity index (χ4v) is 3.05. The van der Waals surface area contributed by atoms with Crippen molar-refractivity contribution in [2.75, 3.05) is 10.6 Å². The molecule has 25 heavy (non-hydrogen) atoms. The number of carbonyl (C=O) groups is 2. The highest BCUT2D eigenvalue weighted by Crippen LogP contribution is 2.42. The number of anilines is 2. The van der Waals surface area contributed by atoms with Crippen molar-refractivity contribution in [3.05, 3.63) is 34.3 Å². The summed E-state index contributed by atoms with van der Waals surface area (Å²) in [5.41, 5.74) is -1.37. The van der Waals surface area contributed by atoms with Gasteiger partial charge in [0, 0.05) is 24.1 Å². The Balaban J connectivity index is 1.85. The monoisotopic (exact) mass is 370 g/mol. The number of alkyl halides is 3. The first-order valence-electron chi connectivity index (χ1n) is 7.37. The van der Waals surface area contributed by atoms with Gasteiger partial charge in [0.25, 0.3) is 5.91 Å². The van der Waals surface area contributed by atoms with E-state index in [0.717, 1.165) is 30.0 Å². The molecule has 1 aromatic carbocycles. The molecule has 1 aliphatic rings. The molecular formula is C15H13F3N4O2S. The van der Waals surface area contributed by atoms with Gasteiger partial charge in [0.1, 0.15) is 5.01 Å². The van der Waals surface area contributed by atoms with Crippen LogP contribution in [0.1, 0.15) is 46.6 Å². The van der Waals surface area contributed by atoms with Crippen LogP contribution in [0, 0.1) is 0 Å². The number of rotatable bonds is 4. The average molecular weight is 370 g/mol. The minimum absolute atomic E-state index is 0.108. The Morgan fingerprint density at radius 1 is 1.16 bits per heavy atom. The molecule has 0 aliphatic heterocycles. The van der Waals surface area contributed by atoms with Gasteiger partial charge >= 0.3 is 6.18 Å². The van der Waals surface area contributed by atoms with Crippen LogP contribution in [-0.4, -0.2) is 22.0 Å². The van der Waals surface area contributed by atoms with E-state index >= 15 is 0 Å². The van der Waals surface area contributed by atoms with E-state index in [1.165, 1.54) is 24.3 Å². The van der Waals surface area contributed by atoms with Gasteiger partial charge in [-0.3, -0.25) is 14.9 Å². The van der Waals surface area contributed by atoms with E-state index in [4.69, 9.17) is 0 Å². The lowest BCUT2D eigenvalue weighted by Gasteiger charge is -2.12. The first kappa shape index (κ1) is 17.3. The number of halogens is 3. The van der Waals surface area contributed by atoms with Crippen molar-refractivity contribution >= 4 is 34.0 Å². The number of aromatic nitrogens is 2. The Bertz CT molecular complexity index is 830. The molecule has 1 aliphatic carbocycles. The summed E-state index contributed by atoms with van der Waals surface area (Å²) in [6, 6.07) is 2.67. The molecule has 3 rings (SSSR count). The van der Waals surface area contributed by atoms with Crippen LogP contribution in [0.3, 0.4) is 0 Å². The molecule has 0 saturated heterocycles. The molecule has 1 heterocycles. The second-order valence-electron chi connectivity index (χ2n) is 5.65. The Hall–Kier alpha value is -2.49. The molecular weight excluding hydrogens is 357 g/mol. The lowest BCUT2D eigenvalue weighted by Crippen LogP contribution is -2.16. The lowest BCUT2D eigenvalue weighted by atomic mass is 10.1. The normalized spacial score (nSPS) is 14.2. The van der Waals surface area contributed by atoms with E-state index in [9.17, 15) is 22.8 Å². The summed E-state index contributed by atoms with van der Waals surface area (Å²) >= 11 is 1.20. The van der Waals surface area contributed by atoms with Crippen LogP contribution in [0.25, 0.3) is 0 Å². The molecule has 0 bridgehead atoms. The van der Waals surface area contributed by atoms with Crippen LogP contribution >= 0.6 is 11.3 Å². The van der Waals surface area contributed by atoms with Crippen LogP contribution in [0.15, 0.2) is 18.2 Å². The minimum Gasteiger partial charge on any atom is -0.326 e. The number of hydrogen-bond donors (Lipinski definition) is 2. The third kappa shape index (κ3) is 4.32. The van der Waals surface area contributed by atoms with Crippen molar-refractivity contribution in [1.29, 1.82) is 0 Å². The third-order valence-corrected chi connectivity index (χ3v) is 4.43. The van der Waals surface area contributed by atoms with Crippen LogP contribution in [0.4, 0.5) is 24.0 Å². The molecule has 10 heteroatoms. The van der Waals surface area contributed by atoms with Crippen LogP contribution in [0.2, 0.25) is 0 Å². The van der Waals surface area contributed by atoms with Gasteiger partial charge in [-0.25, -0.2) is 0 Å². The summed E-state index contributed by atoms with van der Waals surface area (Å²) in [6.45, 7) is 1.17. The molecule has 1 aromatic heterocycles. The molecule has 2 aromatic rings. The standard InChI is InChI=1S/C15H13F3N4O2S/c1-7(23)19-11-5-9(4-10(6-11)15(16,17)18)12(24)20-14-22-21-13(25-14)8-2-3-8/h4-6,8H,2-3H2,1H3,(H,19,23)(H,20,22,24). The zero-order valence-electron chi connectivity index (χ0n) is 13.0. The summed E-state index contributed by atoms with van der Waals surface area (Å²) in [5.74, 6) is -0.928. The van der Waals surface area contributed by atoms with Gasteiger partial charge in [-0.15, -0.1) is 10.2 Å². The highest BCUT2D eigenvalue weighted by molar-refractivity contribution is 7.15. The SMILES string of the molecule is CC(=O)Nc1cc(C(=O)Nc2nnc(C3CC3)s2)cc(C(F)(F)F)c1. The quantitative estimate of drug-likeness (QED) is 0.861. The number of amides is 2. The summed E-state index contributed by atoms with van der Waals surface area (Å²) < 4.78 is 39.0. The fourth-order valence-electron chi connectivity index (χ4n) is 2.15. The van der Waals surface area contributed by atoms with Crippen molar-refractivity contribution in [2.45, 2.75) is 31.9 Å². The zero-order valence-corrected chi connectivity index (χ0v) is 13.8. The number of hydrogen-bond acceptors (Lipinski definition) is 5. The van der Waals surface area contributed by atoms with Gasteiger partial charge in [-0.05, 0) is 31.0 Å². The molecule has 1 saturated carbocycles. The van der Waals surface area contributed by atoms with Gasteiger partial charge < -0.3 is 5.32 Å². The lowest BCUT2D eigenvalue weighted by molar-refractivity contribution is -0.137. The summed E-state index contributed by atoms with van der Waals surface area (Å²) in [6.07, 6.45) is -2.60. The number of benzene rings is 1. The Kier molecular flexibility index (Phi) is 4.46. The fraction of sp³-hybridized carbons (Fsp3) is 0.333. The minimum atomic E-state index is -4.65. The molecule has 2 amide bonds. The van der Waals surface area contributed by atoms with Crippen molar-refractivity contribution < 1.29 is 22.8 Å². The number of carbonyl (C=O) groups excluding carboxylic acids is 2. The summed E-state index contributed by atoms with van der Waals surface area (Å²) in [5, 5.41) is 13.5. The van der Waals surface area contributed by atoms with E-state index in [1.54, 1.807) is 0 Å². The predicted octanol–water partition coefficient (Wildman–Crippen LogP) is 3.65. The summed E-state index contributed by atoms with van der Waals surface area (Å²) in [4.78, 5) is 23.4. The Morgan fingerprint density at radius 2 is 1.88 bits per heavy atom. The average Bonchev–Trinajstić information content (AvgIpc) is 3.26. The molecule has 0 spiro atoms. The van der Waals surface area contributed by atoms with E-state index < -0.39 is 23.6 Å². The first-order chi connectivity index (χ1) is 11.7. The third-order valence-electron chi connectivity index (χ3n) is 3.43. The Labute approximate surface area is 144 Å². The highest BCUT2D eigenvalue weighted by Gasteiger charge is 2.32. The van der Waals surface area contributed by atoms with E-state index in [2.05, 4.69) is 20.8 Å². The largest absolute Gasteiger partial charge is 0.416 e. The maximum absolute atomic E-state index is 13.0. The van der Waals surface area contributed by atoms with E-state index in [1.807, 2.05) is 0 Å². The maximum Gasteiger partial charge on any atom is 0.416 e. The molecule has 1 fully saturated rings. The van der Waals surface area contributed by atoms with Crippen molar-refractivity contribution in [2.24, 2.45) is 0 Å². The smallest absolute Gasteiger partial charge is 0.326 e. The van der Waals surface area contributed by atoms with Crippen molar-refractivity contribution in [3.63, 3.8) is 0 Å². The van der Waals surface area contributed by atoms with Gasteiger partial charge in [0.15, 0.2) is 0 Å². The molecule has 2 N–H and O–H groups in total. The van der Waals surface area contributed by atoms with Crippen molar-refractivity contribution in [1.82, 2.24) is 10.2 Å². The molecule has 132 valence electrons. The van der Waals surface area contributed by atoms with Crippen molar-refractivity contribution in [3.8, 4) is 0 Å². The number of nitrogens with zero attached hydrogens (tertiary/aromatic N) is 2. The molecule has 0 atom stereocenters. The topological polar surface area (TPSA) is 84.0 Å². The molecule has 6 nitrogen and oxygen atoms in total.